The average molecular weight is 172 g/mol. The third kappa shape index (κ3) is 1.23. The second-order valence-electron chi connectivity index (χ2n) is 2.62. The highest BCUT2D eigenvalue weighted by Crippen LogP contribution is 2.16. The molecule has 0 saturated carbocycles. The monoisotopic (exact) mass is 172 g/mol. The highest BCUT2D eigenvalue weighted by atomic mass is 19.1. The molecule has 0 aliphatic rings. The number of para-hydroxylation sites is 1. The van der Waals surface area contributed by atoms with Crippen molar-refractivity contribution >= 4 is 10.9 Å². The van der Waals surface area contributed by atoms with Crippen LogP contribution >= 0.6 is 0 Å². The summed E-state index contributed by atoms with van der Waals surface area (Å²) in [6, 6.07) is 10.1. The SMILES string of the molecule is N#Cc1cc(F)nc2ccccc12. The zero-order valence-electron chi connectivity index (χ0n) is 6.66. The van der Waals surface area contributed by atoms with Crippen molar-refractivity contribution in [3.05, 3.63) is 41.8 Å². The Morgan fingerprint density at radius 2 is 2.08 bits per heavy atom. The number of nitrogens with zero attached hydrogens (tertiary/aromatic N) is 2. The molecule has 0 spiro atoms. The fraction of sp³-hybridized carbons (Fsp3) is 0. The van der Waals surface area contributed by atoms with E-state index in [0.717, 1.165) is 6.07 Å². The highest BCUT2D eigenvalue weighted by Gasteiger charge is 2.03. The summed E-state index contributed by atoms with van der Waals surface area (Å²) in [5, 5.41) is 9.40. The van der Waals surface area contributed by atoms with Gasteiger partial charge < -0.3 is 0 Å². The van der Waals surface area contributed by atoms with Crippen molar-refractivity contribution in [2.75, 3.05) is 0 Å². The van der Waals surface area contributed by atoms with Gasteiger partial charge in [0.2, 0.25) is 5.95 Å². The Balaban J connectivity index is 2.91. The van der Waals surface area contributed by atoms with Gasteiger partial charge in [0.25, 0.3) is 0 Å². The first-order valence-electron chi connectivity index (χ1n) is 3.76. The van der Waals surface area contributed by atoms with Gasteiger partial charge >= 0.3 is 0 Å². The van der Waals surface area contributed by atoms with Crippen LogP contribution in [0.15, 0.2) is 30.3 Å². The normalized spacial score (nSPS) is 9.85. The summed E-state index contributed by atoms with van der Waals surface area (Å²) in [4.78, 5) is 3.67. The Hall–Kier alpha value is -1.95. The maximum Gasteiger partial charge on any atom is 0.214 e. The van der Waals surface area contributed by atoms with Crippen molar-refractivity contribution in [3.63, 3.8) is 0 Å². The minimum atomic E-state index is -0.616. The maximum absolute atomic E-state index is 12.8. The van der Waals surface area contributed by atoms with E-state index in [0.29, 0.717) is 16.5 Å². The third-order valence-electron chi connectivity index (χ3n) is 1.81. The third-order valence-corrected chi connectivity index (χ3v) is 1.81. The molecular weight excluding hydrogens is 167 g/mol. The molecule has 0 bridgehead atoms. The van der Waals surface area contributed by atoms with Crippen molar-refractivity contribution in [2.45, 2.75) is 0 Å². The molecule has 3 heteroatoms. The number of aromatic nitrogens is 1. The molecule has 0 radical (unpaired) electrons. The molecule has 62 valence electrons. The first kappa shape index (κ1) is 7.69. The largest absolute Gasteiger partial charge is 0.220 e. The van der Waals surface area contributed by atoms with Crippen LogP contribution in [0.3, 0.4) is 0 Å². The molecule has 0 aliphatic carbocycles. The van der Waals surface area contributed by atoms with E-state index >= 15 is 0 Å². The van der Waals surface area contributed by atoms with Crippen molar-refractivity contribution < 1.29 is 4.39 Å². The van der Waals surface area contributed by atoms with Crippen molar-refractivity contribution in [1.29, 1.82) is 5.26 Å². The molecule has 1 aromatic carbocycles. The lowest BCUT2D eigenvalue weighted by Gasteiger charge is -1.97. The number of pyridine rings is 1. The minimum Gasteiger partial charge on any atom is -0.220 e. The van der Waals surface area contributed by atoms with E-state index in [1.165, 1.54) is 0 Å². The maximum atomic E-state index is 12.8. The van der Waals surface area contributed by atoms with Crippen LogP contribution in [-0.4, -0.2) is 4.98 Å². The second kappa shape index (κ2) is 2.83. The molecule has 0 saturated heterocycles. The molecule has 0 amide bonds. The first-order chi connectivity index (χ1) is 6.31. The van der Waals surface area contributed by atoms with Gasteiger partial charge in [-0.1, -0.05) is 18.2 Å². The van der Waals surface area contributed by atoms with Gasteiger partial charge in [-0.25, -0.2) is 4.98 Å². The van der Waals surface area contributed by atoms with E-state index < -0.39 is 5.95 Å². The molecule has 0 unspecified atom stereocenters. The molecule has 0 atom stereocenters. The topological polar surface area (TPSA) is 36.7 Å². The summed E-state index contributed by atoms with van der Waals surface area (Å²) in [5.41, 5.74) is 0.835. The van der Waals surface area contributed by atoms with Crippen molar-refractivity contribution in [1.82, 2.24) is 4.98 Å². The van der Waals surface area contributed by atoms with Crippen LogP contribution in [-0.2, 0) is 0 Å². The molecule has 0 fully saturated rings. The van der Waals surface area contributed by atoms with Crippen LogP contribution in [0.5, 0.6) is 0 Å². The van der Waals surface area contributed by atoms with Crippen LogP contribution < -0.4 is 0 Å². The number of hydrogen-bond acceptors (Lipinski definition) is 2. The predicted octanol–water partition coefficient (Wildman–Crippen LogP) is 2.25. The first-order valence-corrected chi connectivity index (χ1v) is 3.76. The Bertz CT molecular complexity index is 500. The van der Waals surface area contributed by atoms with E-state index in [1.54, 1.807) is 24.3 Å². The fourth-order valence-electron chi connectivity index (χ4n) is 1.24. The van der Waals surface area contributed by atoms with Gasteiger partial charge in [0, 0.05) is 11.5 Å². The second-order valence-corrected chi connectivity index (χ2v) is 2.62. The van der Waals surface area contributed by atoms with Gasteiger partial charge in [0.1, 0.15) is 0 Å². The summed E-state index contributed by atoms with van der Waals surface area (Å²) in [5.74, 6) is -0.616. The van der Waals surface area contributed by atoms with Crippen LogP contribution in [0, 0.1) is 17.3 Å². The number of benzene rings is 1. The lowest BCUT2D eigenvalue weighted by molar-refractivity contribution is 0.588. The number of fused-ring (bicyclic) bond motifs is 1. The predicted molar refractivity (Wildman–Crippen MR) is 46.4 cm³/mol. The zero-order valence-corrected chi connectivity index (χ0v) is 6.66. The number of rotatable bonds is 0. The molecule has 1 aromatic heterocycles. The van der Waals surface area contributed by atoms with Gasteiger partial charge in [-0.15, -0.1) is 0 Å². The van der Waals surface area contributed by atoms with E-state index in [9.17, 15) is 4.39 Å². The molecule has 13 heavy (non-hydrogen) atoms. The van der Waals surface area contributed by atoms with E-state index in [4.69, 9.17) is 5.26 Å². The van der Waals surface area contributed by atoms with Gasteiger partial charge in [-0.05, 0) is 6.07 Å². The Morgan fingerprint density at radius 3 is 2.85 bits per heavy atom. The molecule has 0 aliphatic heterocycles. The molecule has 2 aromatic rings. The Morgan fingerprint density at radius 1 is 1.31 bits per heavy atom. The van der Waals surface area contributed by atoms with Gasteiger partial charge in [-0.2, -0.15) is 9.65 Å². The zero-order chi connectivity index (χ0) is 9.26. The molecule has 2 nitrogen and oxygen atoms in total. The summed E-state index contributed by atoms with van der Waals surface area (Å²) < 4.78 is 12.8. The summed E-state index contributed by atoms with van der Waals surface area (Å²) in [6.07, 6.45) is 0. The van der Waals surface area contributed by atoms with Gasteiger partial charge in [0.15, 0.2) is 0 Å². The average Bonchev–Trinajstić information content (AvgIpc) is 2.16. The summed E-state index contributed by atoms with van der Waals surface area (Å²) in [7, 11) is 0. The molecule has 2 rings (SSSR count). The van der Waals surface area contributed by atoms with Crippen molar-refractivity contribution in [2.24, 2.45) is 0 Å². The number of hydrogen-bond donors (Lipinski definition) is 0. The van der Waals surface area contributed by atoms with E-state index in [1.807, 2.05) is 6.07 Å². The molecule has 0 N–H and O–H groups in total. The van der Waals surface area contributed by atoms with Crippen LogP contribution in [0.2, 0.25) is 0 Å². The van der Waals surface area contributed by atoms with Crippen molar-refractivity contribution in [3.8, 4) is 6.07 Å². The van der Waals surface area contributed by atoms with E-state index in [-0.39, 0.29) is 0 Å². The minimum absolute atomic E-state index is 0.322. The fourth-order valence-corrected chi connectivity index (χ4v) is 1.24. The van der Waals surface area contributed by atoms with Gasteiger partial charge in [0.05, 0.1) is 17.1 Å². The summed E-state index contributed by atoms with van der Waals surface area (Å²) >= 11 is 0. The molecule has 1 heterocycles. The van der Waals surface area contributed by atoms with E-state index in [2.05, 4.69) is 4.98 Å². The number of halogens is 1. The Kier molecular flexibility index (Phi) is 1.67. The van der Waals surface area contributed by atoms with Crippen LogP contribution in [0.1, 0.15) is 5.56 Å². The smallest absolute Gasteiger partial charge is 0.214 e. The quantitative estimate of drug-likeness (QED) is 0.571. The Labute approximate surface area is 74.3 Å². The lowest BCUT2D eigenvalue weighted by atomic mass is 10.1. The van der Waals surface area contributed by atoms with Gasteiger partial charge in [-0.3, -0.25) is 0 Å². The lowest BCUT2D eigenvalue weighted by Crippen LogP contribution is -1.87. The standard InChI is InChI=1S/C10H5FN2/c11-10-5-7(6-12)8-3-1-2-4-9(8)13-10/h1-5H. The van der Waals surface area contributed by atoms with Crippen LogP contribution in [0.25, 0.3) is 10.9 Å². The van der Waals surface area contributed by atoms with Crippen LogP contribution in [0.4, 0.5) is 4.39 Å². The number of nitriles is 1. The molecular formula is C10H5FN2. The highest BCUT2D eigenvalue weighted by molar-refractivity contribution is 5.84. The summed E-state index contributed by atoms with van der Waals surface area (Å²) in [6.45, 7) is 0.